The number of alkyl halides is 2. The average Bonchev–Trinajstić information content (AvgIpc) is 2.65. The predicted octanol–water partition coefficient (Wildman–Crippen LogP) is 1.57. The molecule has 1 aliphatic carbocycles. The summed E-state index contributed by atoms with van der Waals surface area (Å²) in [7, 11) is 0. The third-order valence-electron chi connectivity index (χ3n) is 5.65. The van der Waals surface area contributed by atoms with Gasteiger partial charge in [-0.1, -0.05) is 6.42 Å². The lowest BCUT2D eigenvalue weighted by Crippen LogP contribution is -2.80. The molecule has 3 aliphatic rings. The molecule has 0 aromatic carbocycles. The molecule has 0 spiro atoms. The van der Waals surface area contributed by atoms with E-state index in [4.69, 9.17) is 27.9 Å². The van der Waals surface area contributed by atoms with Crippen LogP contribution in [0.2, 0.25) is 0 Å². The molecular weight excluding hydrogens is 329 g/mol. The maximum Gasteiger partial charge on any atom is 0.339 e. The zero-order valence-electron chi connectivity index (χ0n) is 12.5. The fourth-order valence-electron chi connectivity index (χ4n) is 4.37. The Morgan fingerprint density at radius 3 is 2.77 bits per heavy atom. The minimum atomic E-state index is -1.35. The fraction of sp³-hybridized carbons (Fsp3) is 0.867. The van der Waals surface area contributed by atoms with Crippen LogP contribution in [-0.2, 0) is 14.3 Å². The number of aliphatic hydroxyl groups excluding tert-OH is 1. The summed E-state index contributed by atoms with van der Waals surface area (Å²) in [4.78, 5) is 24.5. The van der Waals surface area contributed by atoms with Crippen LogP contribution in [0.1, 0.15) is 39.0 Å². The molecular formula is C15H21Cl2NO4. The van der Waals surface area contributed by atoms with Crippen molar-refractivity contribution >= 4 is 35.1 Å². The second-order valence-corrected chi connectivity index (χ2v) is 7.79. The largest absolute Gasteiger partial charge is 0.453 e. The number of rotatable bonds is 4. The normalized spacial score (nSPS) is 45.5. The third-order valence-corrected chi connectivity index (χ3v) is 6.26. The van der Waals surface area contributed by atoms with Gasteiger partial charge in [-0.3, -0.25) is 4.79 Å². The summed E-state index contributed by atoms with van der Waals surface area (Å²) < 4.78 is 5.35. The minimum absolute atomic E-state index is 0.00268. The number of ether oxygens (including phenoxy) is 1. The number of carbonyl (C=O) groups is 2. The molecule has 3 rings (SSSR count). The van der Waals surface area contributed by atoms with Crippen molar-refractivity contribution in [1.82, 2.24) is 5.32 Å². The molecule has 0 radical (unpaired) electrons. The van der Waals surface area contributed by atoms with Crippen LogP contribution in [0.15, 0.2) is 0 Å². The summed E-state index contributed by atoms with van der Waals surface area (Å²) in [6.07, 6.45) is 2.70. The fourth-order valence-corrected chi connectivity index (χ4v) is 4.97. The monoisotopic (exact) mass is 349 g/mol. The van der Waals surface area contributed by atoms with Crippen LogP contribution < -0.4 is 5.32 Å². The highest BCUT2D eigenvalue weighted by Gasteiger charge is 2.79. The molecule has 6 atom stereocenters. The van der Waals surface area contributed by atoms with E-state index in [1.165, 1.54) is 0 Å². The van der Waals surface area contributed by atoms with Gasteiger partial charge in [-0.2, -0.15) is 0 Å². The van der Waals surface area contributed by atoms with Gasteiger partial charge in [0.15, 0.2) is 5.60 Å². The van der Waals surface area contributed by atoms with Gasteiger partial charge in [0.2, 0.25) is 11.4 Å². The van der Waals surface area contributed by atoms with Gasteiger partial charge >= 0.3 is 5.97 Å². The van der Waals surface area contributed by atoms with Gasteiger partial charge in [0.1, 0.15) is 0 Å². The molecule has 2 saturated heterocycles. The number of carbonyl (C=O) groups excluding carboxylic acids is 2. The molecule has 0 unspecified atom stereocenters. The molecule has 3 fully saturated rings. The topological polar surface area (TPSA) is 75.6 Å². The predicted molar refractivity (Wildman–Crippen MR) is 81.8 cm³/mol. The van der Waals surface area contributed by atoms with Crippen LogP contribution in [0, 0.1) is 11.8 Å². The average molecular weight is 350 g/mol. The number of amides is 1. The molecule has 0 bridgehead atoms. The Balaban J connectivity index is 1.89. The summed E-state index contributed by atoms with van der Waals surface area (Å²) in [5, 5.41) is 13.6. The summed E-state index contributed by atoms with van der Waals surface area (Å²) in [6.45, 7) is 1.72. The molecule has 0 aromatic rings. The highest BCUT2D eigenvalue weighted by atomic mass is 35.5. The summed E-state index contributed by atoms with van der Waals surface area (Å²) in [5.74, 6) is -1.16. The van der Waals surface area contributed by atoms with E-state index in [0.717, 1.165) is 19.3 Å². The van der Waals surface area contributed by atoms with Crippen LogP contribution >= 0.6 is 23.2 Å². The van der Waals surface area contributed by atoms with E-state index < -0.39 is 29.1 Å². The molecule has 5 nitrogen and oxygen atoms in total. The lowest BCUT2D eigenvalue weighted by Gasteiger charge is -2.55. The van der Waals surface area contributed by atoms with E-state index >= 15 is 0 Å². The second-order valence-electron chi connectivity index (χ2n) is 6.79. The first kappa shape index (κ1) is 16.3. The lowest BCUT2D eigenvalue weighted by molar-refractivity contribution is -0.240. The molecule has 2 aliphatic heterocycles. The van der Waals surface area contributed by atoms with Crippen molar-refractivity contribution in [2.75, 3.05) is 5.88 Å². The van der Waals surface area contributed by atoms with E-state index in [-0.39, 0.29) is 17.2 Å². The van der Waals surface area contributed by atoms with Crippen molar-refractivity contribution in [3.8, 4) is 0 Å². The van der Waals surface area contributed by atoms with Crippen molar-refractivity contribution in [2.24, 2.45) is 11.8 Å². The molecule has 22 heavy (non-hydrogen) atoms. The summed E-state index contributed by atoms with van der Waals surface area (Å²) in [6, 6.07) is 0. The number of nitrogens with one attached hydrogen (secondary N) is 1. The van der Waals surface area contributed by atoms with Crippen LogP contribution in [0.4, 0.5) is 0 Å². The number of hydrogen-bond acceptors (Lipinski definition) is 4. The van der Waals surface area contributed by atoms with Crippen molar-refractivity contribution < 1.29 is 19.4 Å². The Kier molecular flexibility index (Phi) is 4.11. The maximum absolute atomic E-state index is 12.3. The Hall–Kier alpha value is -0.520. The molecule has 7 heteroatoms. The van der Waals surface area contributed by atoms with Crippen LogP contribution in [0.5, 0.6) is 0 Å². The maximum atomic E-state index is 12.3. The van der Waals surface area contributed by atoms with E-state index in [1.54, 1.807) is 6.92 Å². The zero-order chi connectivity index (χ0) is 16.1. The standard InChI is InChI=1S/C15H21Cl2NO4/c1-14-10(5-6-16)12(20)18-15(14,13(21)22-14)11(19)8-3-2-4-9(17)7-8/h8-11,19H,2-7H2,1H3,(H,18,20)/t8-,9-,10-,11-,14-,15-/m0/s1. The van der Waals surface area contributed by atoms with E-state index in [9.17, 15) is 14.7 Å². The molecule has 1 saturated carbocycles. The van der Waals surface area contributed by atoms with Crippen molar-refractivity contribution in [1.29, 1.82) is 0 Å². The molecule has 0 aromatic heterocycles. The molecule has 1 amide bonds. The number of halogens is 2. The first-order valence-electron chi connectivity index (χ1n) is 7.80. The first-order valence-corrected chi connectivity index (χ1v) is 8.77. The quantitative estimate of drug-likeness (QED) is 0.596. The van der Waals surface area contributed by atoms with Crippen LogP contribution in [-0.4, -0.2) is 45.5 Å². The lowest BCUT2D eigenvalue weighted by atomic mass is 9.64. The smallest absolute Gasteiger partial charge is 0.339 e. The zero-order valence-corrected chi connectivity index (χ0v) is 14.0. The first-order chi connectivity index (χ1) is 10.4. The Labute approximate surface area is 139 Å². The number of esters is 1. The summed E-state index contributed by atoms with van der Waals surface area (Å²) >= 11 is 12.0. The SMILES string of the molecule is C[C@@]12OC(=O)[C@]1([C@@H](O)[C@H]1CCC[C@H](Cl)C1)NC(=O)[C@@H]2CCCl. The third kappa shape index (κ3) is 2.01. The Morgan fingerprint density at radius 2 is 2.18 bits per heavy atom. The highest BCUT2D eigenvalue weighted by Crippen LogP contribution is 2.53. The summed E-state index contributed by atoms with van der Waals surface area (Å²) in [5.41, 5.74) is -2.38. The van der Waals surface area contributed by atoms with Gasteiger partial charge in [-0.15, -0.1) is 23.2 Å². The Morgan fingerprint density at radius 1 is 1.45 bits per heavy atom. The van der Waals surface area contributed by atoms with Crippen LogP contribution in [0.25, 0.3) is 0 Å². The van der Waals surface area contributed by atoms with Gasteiger partial charge in [0, 0.05) is 11.3 Å². The van der Waals surface area contributed by atoms with Crippen molar-refractivity contribution in [3.63, 3.8) is 0 Å². The number of fused-ring (bicyclic) bond motifs is 1. The second kappa shape index (κ2) is 5.53. The minimum Gasteiger partial charge on any atom is -0.453 e. The van der Waals surface area contributed by atoms with Gasteiger partial charge in [-0.05, 0) is 38.5 Å². The number of aliphatic hydroxyl groups is 1. The van der Waals surface area contributed by atoms with Crippen molar-refractivity contribution in [2.45, 2.75) is 61.6 Å². The van der Waals surface area contributed by atoms with Gasteiger partial charge < -0.3 is 15.2 Å². The van der Waals surface area contributed by atoms with Gasteiger partial charge in [-0.25, -0.2) is 4.79 Å². The highest BCUT2D eigenvalue weighted by molar-refractivity contribution is 6.20. The Bertz CT molecular complexity index is 502. The van der Waals surface area contributed by atoms with Gasteiger partial charge in [0.25, 0.3) is 0 Å². The van der Waals surface area contributed by atoms with Crippen LogP contribution in [0.3, 0.4) is 0 Å². The number of hydrogen-bond donors (Lipinski definition) is 2. The molecule has 2 N–H and O–H groups in total. The molecule has 124 valence electrons. The van der Waals surface area contributed by atoms with Crippen molar-refractivity contribution in [3.05, 3.63) is 0 Å². The molecule has 2 heterocycles. The van der Waals surface area contributed by atoms with E-state index in [0.29, 0.717) is 18.7 Å². The van der Waals surface area contributed by atoms with E-state index in [1.807, 2.05) is 0 Å². The van der Waals surface area contributed by atoms with Gasteiger partial charge in [0.05, 0.1) is 12.0 Å². The van der Waals surface area contributed by atoms with E-state index in [2.05, 4.69) is 5.32 Å².